The molecule has 0 fully saturated rings. The van der Waals surface area contributed by atoms with Crippen molar-refractivity contribution in [1.82, 2.24) is 4.98 Å². The third-order valence-electron chi connectivity index (χ3n) is 1.68. The summed E-state index contributed by atoms with van der Waals surface area (Å²) >= 11 is 2.94. The molecule has 3 heteroatoms. The van der Waals surface area contributed by atoms with Crippen LogP contribution in [0.15, 0.2) is 55.1 Å². The van der Waals surface area contributed by atoms with Gasteiger partial charge in [-0.25, -0.2) is 0 Å². The van der Waals surface area contributed by atoms with Crippen molar-refractivity contribution in [3.8, 4) is 5.69 Å². The van der Waals surface area contributed by atoms with E-state index < -0.39 is 0 Å². The first-order valence-electron chi connectivity index (χ1n) is 4.21. The molecule has 0 saturated heterocycles. The summed E-state index contributed by atoms with van der Waals surface area (Å²) in [5, 5.41) is 0. The zero-order valence-electron chi connectivity index (χ0n) is 7.97. The van der Waals surface area contributed by atoms with E-state index in [4.69, 9.17) is 0 Å². The van der Waals surface area contributed by atoms with Crippen LogP contribution in [0.1, 0.15) is 0 Å². The number of halogens is 1. The predicted octanol–water partition coefficient (Wildman–Crippen LogP) is 2.37. The Hall–Kier alpha value is -1.22. The Morgan fingerprint density at radius 1 is 1.00 bits per heavy atom. The van der Waals surface area contributed by atoms with Gasteiger partial charge >= 0.3 is 0 Å². The van der Waals surface area contributed by atoms with Crippen molar-refractivity contribution >= 4 is 15.9 Å². The molecule has 2 rings (SSSR count). The average Bonchev–Trinajstić information content (AvgIpc) is 2.34. The molecule has 0 N–H and O–H groups in total. The maximum absolute atomic E-state index is 3.96. The quantitative estimate of drug-likeness (QED) is 0.562. The van der Waals surface area contributed by atoms with Gasteiger partial charge in [-0.3, -0.25) is 4.98 Å². The van der Waals surface area contributed by atoms with Crippen LogP contribution in [-0.2, 0) is 0 Å². The zero-order chi connectivity index (χ0) is 10.2. The highest BCUT2D eigenvalue weighted by molar-refractivity contribution is 9.08. The molecule has 0 aliphatic heterocycles. The van der Waals surface area contributed by atoms with Gasteiger partial charge in [-0.05, 0) is 5.83 Å². The molecular weight excluding hydrogens is 240 g/mol. The number of pyridine rings is 2. The Kier molecular flexibility index (Phi) is 4.86. The highest BCUT2D eigenvalue weighted by Crippen LogP contribution is 1.93. The normalized spacial score (nSPS) is 8.71. The first-order valence-corrected chi connectivity index (χ1v) is 5.80. The van der Waals surface area contributed by atoms with E-state index in [2.05, 4.69) is 20.9 Å². The van der Waals surface area contributed by atoms with Crippen LogP contribution in [0, 0.1) is 0 Å². The number of hydrogen-bond acceptors (Lipinski definition) is 1. The lowest BCUT2D eigenvalue weighted by atomic mass is 10.4. The number of alkyl halides is 1. The van der Waals surface area contributed by atoms with Gasteiger partial charge in [0.05, 0.1) is 0 Å². The van der Waals surface area contributed by atoms with Crippen LogP contribution < -0.4 is 4.57 Å². The number of rotatable bonds is 1. The molecule has 0 bridgehead atoms. The van der Waals surface area contributed by atoms with Gasteiger partial charge in [0, 0.05) is 36.7 Å². The predicted molar refractivity (Wildman–Crippen MR) is 60.6 cm³/mol. The molecular formula is C11H12BrN2+. The van der Waals surface area contributed by atoms with Gasteiger partial charge in [-0.2, -0.15) is 4.57 Å². The third-order valence-corrected chi connectivity index (χ3v) is 1.68. The van der Waals surface area contributed by atoms with E-state index in [0.717, 1.165) is 5.69 Å². The summed E-state index contributed by atoms with van der Waals surface area (Å²) in [6, 6.07) is 9.94. The molecule has 0 unspecified atom stereocenters. The maximum atomic E-state index is 3.96. The Morgan fingerprint density at radius 3 is 2.14 bits per heavy atom. The first kappa shape index (κ1) is 10.9. The molecule has 2 heterocycles. The van der Waals surface area contributed by atoms with Crippen LogP contribution in [0.2, 0.25) is 0 Å². The van der Waals surface area contributed by atoms with Crippen LogP contribution >= 0.6 is 15.9 Å². The van der Waals surface area contributed by atoms with E-state index in [-0.39, 0.29) is 0 Å². The summed E-state index contributed by atoms with van der Waals surface area (Å²) in [5.41, 5.74) is 1.13. The lowest BCUT2D eigenvalue weighted by Gasteiger charge is -1.91. The second-order valence-corrected chi connectivity index (χ2v) is 2.49. The van der Waals surface area contributed by atoms with Gasteiger partial charge < -0.3 is 0 Å². The molecule has 0 atom stereocenters. The van der Waals surface area contributed by atoms with Crippen molar-refractivity contribution in [3.63, 3.8) is 0 Å². The fraction of sp³-hybridized carbons (Fsp3) is 0.0909. The van der Waals surface area contributed by atoms with Crippen molar-refractivity contribution in [3.05, 3.63) is 55.1 Å². The number of nitrogens with zero attached hydrogens (tertiary/aromatic N) is 2. The summed E-state index contributed by atoms with van der Waals surface area (Å²) in [5.74, 6) is 1.81. The Bertz CT molecular complexity index is 311. The fourth-order valence-corrected chi connectivity index (χ4v) is 1.09. The summed E-state index contributed by atoms with van der Waals surface area (Å²) in [4.78, 5) is 3.96. The van der Waals surface area contributed by atoms with Crippen molar-refractivity contribution in [2.24, 2.45) is 0 Å². The van der Waals surface area contributed by atoms with Gasteiger partial charge in [0.2, 0.25) is 5.69 Å². The molecule has 0 aliphatic rings. The molecule has 2 aromatic rings. The van der Waals surface area contributed by atoms with Crippen molar-refractivity contribution in [1.29, 1.82) is 0 Å². The fourth-order valence-electron chi connectivity index (χ4n) is 1.09. The highest BCUT2D eigenvalue weighted by Gasteiger charge is 2.00. The molecule has 2 aromatic heterocycles. The minimum Gasteiger partial charge on any atom is -0.264 e. The van der Waals surface area contributed by atoms with Gasteiger partial charge in [-0.1, -0.05) is 22.0 Å². The van der Waals surface area contributed by atoms with Crippen LogP contribution in [0.3, 0.4) is 0 Å². The third kappa shape index (κ3) is 2.92. The van der Waals surface area contributed by atoms with Crippen LogP contribution in [-0.4, -0.2) is 10.8 Å². The molecule has 0 saturated carbocycles. The monoisotopic (exact) mass is 251 g/mol. The van der Waals surface area contributed by atoms with Crippen molar-refractivity contribution in [2.45, 2.75) is 0 Å². The van der Waals surface area contributed by atoms with Crippen LogP contribution in [0.5, 0.6) is 0 Å². The summed E-state index contributed by atoms with van der Waals surface area (Å²) in [7, 11) is 0. The molecule has 0 amide bonds. The topological polar surface area (TPSA) is 16.8 Å². The van der Waals surface area contributed by atoms with E-state index in [0.29, 0.717) is 0 Å². The molecule has 0 radical (unpaired) electrons. The number of aromatic nitrogens is 2. The van der Waals surface area contributed by atoms with Gasteiger partial charge in [0.1, 0.15) is 0 Å². The van der Waals surface area contributed by atoms with E-state index in [9.17, 15) is 0 Å². The largest absolute Gasteiger partial charge is 0.264 e. The van der Waals surface area contributed by atoms with Gasteiger partial charge in [-0.15, -0.1) is 0 Å². The maximum Gasteiger partial charge on any atom is 0.213 e. The summed E-state index contributed by atoms with van der Waals surface area (Å²) < 4.78 is 2.04. The molecule has 14 heavy (non-hydrogen) atoms. The summed E-state index contributed by atoms with van der Waals surface area (Å²) in [6.45, 7) is 0. The SMILES string of the molecule is CBr.c1cc[n+](-c2ccncc2)cc1. The highest BCUT2D eigenvalue weighted by atomic mass is 79.9. The van der Waals surface area contributed by atoms with Crippen LogP contribution in [0.4, 0.5) is 0 Å². The first-order chi connectivity index (χ1) is 6.97. The van der Waals surface area contributed by atoms with Crippen molar-refractivity contribution in [2.75, 3.05) is 5.83 Å². The zero-order valence-corrected chi connectivity index (χ0v) is 9.55. The Balaban J connectivity index is 0.000000461. The second-order valence-electron chi connectivity index (χ2n) is 2.49. The van der Waals surface area contributed by atoms with E-state index in [1.807, 2.05) is 53.1 Å². The van der Waals surface area contributed by atoms with E-state index in [1.165, 1.54) is 0 Å². The van der Waals surface area contributed by atoms with Crippen molar-refractivity contribution < 1.29 is 4.57 Å². The van der Waals surface area contributed by atoms with E-state index >= 15 is 0 Å². The average molecular weight is 252 g/mol. The van der Waals surface area contributed by atoms with Gasteiger partial charge in [0.15, 0.2) is 12.4 Å². The number of hydrogen-bond donors (Lipinski definition) is 0. The van der Waals surface area contributed by atoms with E-state index in [1.54, 1.807) is 12.4 Å². The Morgan fingerprint density at radius 2 is 1.57 bits per heavy atom. The molecule has 72 valence electrons. The molecule has 2 nitrogen and oxygen atoms in total. The summed E-state index contributed by atoms with van der Waals surface area (Å²) in [6.07, 6.45) is 7.59. The minimum atomic E-state index is 1.13. The molecule has 0 spiro atoms. The second kappa shape index (κ2) is 6.27. The molecule has 0 aromatic carbocycles. The standard InChI is InChI=1S/C10H9N2.CH3Br/c1-2-8-12(9-3-1)10-4-6-11-7-5-10;1-2/h1-9H;1H3/q+1;. The lowest BCUT2D eigenvalue weighted by molar-refractivity contribution is -0.595. The lowest BCUT2D eigenvalue weighted by Crippen LogP contribution is -2.28. The smallest absolute Gasteiger partial charge is 0.213 e. The van der Waals surface area contributed by atoms with Crippen LogP contribution in [0.25, 0.3) is 5.69 Å². The minimum absolute atomic E-state index is 1.13. The van der Waals surface area contributed by atoms with Gasteiger partial charge in [0.25, 0.3) is 0 Å². The Labute approximate surface area is 92.4 Å². The molecule has 0 aliphatic carbocycles.